The van der Waals surface area contributed by atoms with Crippen LogP contribution in [0.25, 0.3) is 0 Å². The Morgan fingerprint density at radius 3 is 2.50 bits per heavy atom. The maximum absolute atomic E-state index is 10.1. The zero-order valence-electron chi connectivity index (χ0n) is 9.61. The monoisotopic (exact) mass is 281 g/mol. The number of hydrogen-bond acceptors (Lipinski definition) is 2. The van der Waals surface area contributed by atoms with Gasteiger partial charge in [0.25, 0.3) is 0 Å². The van der Waals surface area contributed by atoms with Gasteiger partial charge in [-0.1, -0.05) is 41.4 Å². The maximum atomic E-state index is 10.1. The largest absolute Gasteiger partial charge is 0.387 e. The summed E-state index contributed by atoms with van der Waals surface area (Å²) < 4.78 is 0. The highest BCUT2D eigenvalue weighted by Gasteiger charge is 2.11. The van der Waals surface area contributed by atoms with E-state index in [1.165, 1.54) is 0 Å². The van der Waals surface area contributed by atoms with Gasteiger partial charge in [-0.3, -0.25) is 0 Å². The first-order valence-corrected chi connectivity index (χ1v) is 6.34. The molecule has 2 aromatic rings. The first kappa shape index (κ1) is 13.2. The molecule has 2 N–H and O–H groups in total. The second-order valence-corrected chi connectivity index (χ2v) is 4.77. The molecule has 1 atom stereocenters. The van der Waals surface area contributed by atoms with Gasteiger partial charge in [0, 0.05) is 27.8 Å². The number of hydrogen-bond donors (Lipinski definition) is 2. The third kappa shape index (κ3) is 3.39. The number of para-hydroxylation sites is 1. The van der Waals surface area contributed by atoms with Gasteiger partial charge < -0.3 is 10.4 Å². The molecule has 0 aliphatic carbocycles. The molecular weight excluding hydrogens is 269 g/mol. The van der Waals surface area contributed by atoms with Crippen molar-refractivity contribution in [3.63, 3.8) is 0 Å². The van der Waals surface area contributed by atoms with Gasteiger partial charge in [0.05, 0.1) is 6.10 Å². The predicted molar refractivity (Wildman–Crippen MR) is 76.4 cm³/mol. The van der Waals surface area contributed by atoms with E-state index < -0.39 is 6.10 Å². The molecule has 0 spiro atoms. The lowest BCUT2D eigenvalue weighted by molar-refractivity contribution is 0.192. The lowest BCUT2D eigenvalue weighted by atomic mass is 10.1. The highest BCUT2D eigenvalue weighted by Crippen LogP contribution is 2.26. The average molecular weight is 282 g/mol. The third-order valence-corrected chi connectivity index (χ3v) is 3.17. The summed E-state index contributed by atoms with van der Waals surface area (Å²) in [7, 11) is 0. The minimum atomic E-state index is -0.698. The molecule has 0 aromatic heterocycles. The Labute approximate surface area is 116 Å². The lowest BCUT2D eigenvalue weighted by Crippen LogP contribution is -2.12. The average Bonchev–Trinajstić information content (AvgIpc) is 2.40. The molecule has 2 rings (SSSR count). The molecule has 0 bridgehead atoms. The first-order chi connectivity index (χ1) is 8.66. The zero-order chi connectivity index (χ0) is 13.0. The van der Waals surface area contributed by atoms with Crippen LogP contribution >= 0.6 is 23.2 Å². The van der Waals surface area contributed by atoms with Crippen molar-refractivity contribution in [2.75, 3.05) is 11.9 Å². The first-order valence-electron chi connectivity index (χ1n) is 5.59. The van der Waals surface area contributed by atoms with Gasteiger partial charge >= 0.3 is 0 Å². The number of benzene rings is 2. The molecule has 0 amide bonds. The summed E-state index contributed by atoms with van der Waals surface area (Å²) in [5.74, 6) is 0. The lowest BCUT2D eigenvalue weighted by Gasteiger charge is -2.14. The van der Waals surface area contributed by atoms with Crippen LogP contribution < -0.4 is 5.32 Å². The fourth-order valence-electron chi connectivity index (χ4n) is 1.65. The summed E-state index contributed by atoms with van der Waals surface area (Å²) in [5.41, 5.74) is 1.59. The quantitative estimate of drug-likeness (QED) is 0.883. The van der Waals surface area contributed by atoms with Crippen LogP contribution in [0.15, 0.2) is 48.5 Å². The Balaban J connectivity index is 2.03. The maximum Gasteiger partial charge on any atom is 0.0977 e. The van der Waals surface area contributed by atoms with Crippen molar-refractivity contribution in [2.45, 2.75) is 6.10 Å². The fraction of sp³-hybridized carbons (Fsp3) is 0.143. The van der Waals surface area contributed by atoms with Crippen molar-refractivity contribution >= 4 is 28.9 Å². The Kier molecular flexibility index (Phi) is 4.48. The van der Waals surface area contributed by atoms with Gasteiger partial charge in [0.2, 0.25) is 0 Å². The standard InChI is InChI=1S/C14H13Cl2NO/c15-10-6-7-13(16)12(8-10)14(18)9-17-11-4-2-1-3-5-11/h1-8,14,17-18H,9H2. The van der Waals surface area contributed by atoms with Crippen molar-refractivity contribution in [3.8, 4) is 0 Å². The Hall–Kier alpha value is -1.22. The molecule has 0 heterocycles. The summed E-state index contributed by atoms with van der Waals surface area (Å²) in [6.45, 7) is 0.379. The molecule has 1 unspecified atom stereocenters. The van der Waals surface area contributed by atoms with Crippen molar-refractivity contribution in [1.29, 1.82) is 0 Å². The summed E-state index contributed by atoms with van der Waals surface area (Å²) in [6.07, 6.45) is -0.698. The van der Waals surface area contributed by atoms with Crippen LogP contribution in [0.3, 0.4) is 0 Å². The molecule has 18 heavy (non-hydrogen) atoms. The second-order valence-electron chi connectivity index (χ2n) is 3.93. The molecule has 4 heteroatoms. The predicted octanol–water partition coefficient (Wildman–Crippen LogP) is 4.14. The van der Waals surface area contributed by atoms with E-state index in [1.807, 2.05) is 30.3 Å². The van der Waals surface area contributed by atoms with Gasteiger partial charge in [-0.15, -0.1) is 0 Å². The number of rotatable bonds is 4. The van der Waals surface area contributed by atoms with Crippen LogP contribution in [0.2, 0.25) is 10.0 Å². The van der Waals surface area contributed by atoms with Crippen LogP contribution in [0.4, 0.5) is 5.69 Å². The van der Waals surface area contributed by atoms with Crippen LogP contribution in [0, 0.1) is 0 Å². The van der Waals surface area contributed by atoms with E-state index in [0.29, 0.717) is 22.2 Å². The van der Waals surface area contributed by atoms with E-state index >= 15 is 0 Å². The Morgan fingerprint density at radius 2 is 1.78 bits per heavy atom. The van der Waals surface area contributed by atoms with Crippen LogP contribution in [0.5, 0.6) is 0 Å². The molecule has 0 radical (unpaired) electrons. The Bertz CT molecular complexity index is 516. The Morgan fingerprint density at radius 1 is 1.06 bits per heavy atom. The number of aliphatic hydroxyl groups is 1. The molecule has 0 aliphatic heterocycles. The van der Waals surface area contributed by atoms with Gasteiger partial charge in [-0.2, -0.15) is 0 Å². The van der Waals surface area contributed by atoms with Gasteiger partial charge in [-0.25, -0.2) is 0 Å². The third-order valence-electron chi connectivity index (χ3n) is 2.59. The number of nitrogens with one attached hydrogen (secondary N) is 1. The highest BCUT2D eigenvalue weighted by atomic mass is 35.5. The number of aliphatic hydroxyl groups excluding tert-OH is 1. The van der Waals surface area contributed by atoms with Crippen molar-refractivity contribution < 1.29 is 5.11 Å². The number of anilines is 1. The molecular formula is C14H13Cl2NO. The summed E-state index contributed by atoms with van der Waals surface area (Å²) in [6, 6.07) is 14.7. The smallest absolute Gasteiger partial charge is 0.0977 e. The van der Waals surface area contributed by atoms with E-state index in [9.17, 15) is 5.11 Å². The van der Waals surface area contributed by atoms with E-state index in [0.717, 1.165) is 5.69 Å². The molecule has 0 saturated carbocycles. The molecule has 0 saturated heterocycles. The van der Waals surface area contributed by atoms with Crippen molar-refractivity contribution in [2.24, 2.45) is 0 Å². The summed E-state index contributed by atoms with van der Waals surface area (Å²) >= 11 is 11.9. The molecule has 2 aromatic carbocycles. The second kappa shape index (κ2) is 6.10. The van der Waals surface area contributed by atoms with Crippen LogP contribution in [0.1, 0.15) is 11.7 Å². The van der Waals surface area contributed by atoms with Crippen molar-refractivity contribution in [1.82, 2.24) is 0 Å². The molecule has 0 aliphatic rings. The van der Waals surface area contributed by atoms with E-state index in [-0.39, 0.29) is 0 Å². The molecule has 0 fully saturated rings. The highest BCUT2D eigenvalue weighted by molar-refractivity contribution is 6.33. The SMILES string of the molecule is OC(CNc1ccccc1)c1cc(Cl)ccc1Cl. The summed E-state index contributed by atoms with van der Waals surface area (Å²) in [4.78, 5) is 0. The van der Waals surface area contributed by atoms with E-state index in [4.69, 9.17) is 23.2 Å². The van der Waals surface area contributed by atoms with E-state index in [2.05, 4.69) is 5.32 Å². The summed E-state index contributed by atoms with van der Waals surface area (Å²) in [5, 5.41) is 14.3. The van der Waals surface area contributed by atoms with Gasteiger partial charge in [0.15, 0.2) is 0 Å². The minimum Gasteiger partial charge on any atom is -0.387 e. The normalized spacial score (nSPS) is 12.2. The minimum absolute atomic E-state index is 0.379. The van der Waals surface area contributed by atoms with E-state index in [1.54, 1.807) is 18.2 Å². The van der Waals surface area contributed by atoms with Crippen molar-refractivity contribution in [3.05, 3.63) is 64.1 Å². The van der Waals surface area contributed by atoms with Crippen LogP contribution in [-0.2, 0) is 0 Å². The molecule has 2 nitrogen and oxygen atoms in total. The zero-order valence-corrected chi connectivity index (χ0v) is 11.1. The van der Waals surface area contributed by atoms with Gasteiger partial charge in [-0.05, 0) is 30.3 Å². The molecule has 94 valence electrons. The fourth-order valence-corrected chi connectivity index (χ4v) is 2.07. The number of halogens is 2. The van der Waals surface area contributed by atoms with Gasteiger partial charge in [0.1, 0.15) is 0 Å². The topological polar surface area (TPSA) is 32.3 Å². The van der Waals surface area contributed by atoms with Crippen LogP contribution in [-0.4, -0.2) is 11.7 Å².